The molecule has 7 heteroatoms. The number of esters is 1. The molecule has 0 bridgehead atoms. The summed E-state index contributed by atoms with van der Waals surface area (Å²) in [6, 6.07) is 10.1. The van der Waals surface area contributed by atoms with Gasteiger partial charge < -0.3 is 14.5 Å². The minimum Gasteiger partial charge on any atom is -0.457 e. The maximum absolute atomic E-state index is 12.3. The Morgan fingerprint density at radius 1 is 1.04 bits per heavy atom. The van der Waals surface area contributed by atoms with E-state index in [2.05, 4.69) is 10.6 Å². The van der Waals surface area contributed by atoms with Crippen LogP contribution in [0.3, 0.4) is 0 Å². The Balaban J connectivity index is 2.02. The van der Waals surface area contributed by atoms with Crippen LogP contribution in [0.2, 0.25) is 0 Å². The largest absolute Gasteiger partial charge is 0.457 e. The maximum Gasteiger partial charge on any atom is 0.375 e. The molecule has 0 aliphatic heterocycles. The molecule has 0 spiro atoms. The second kappa shape index (κ2) is 8.14. The summed E-state index contributed by atoms with van der Waals surface area (Å²) in [5.74, 6) is -1.51. The first-order chi connectivity index (χ1) is 11.9. The number of rotatable bonds is 5. The normalized spacial score (nSPS) is 11.7. The van der Waals surface area contributed by atoms with Crippen molar-refractivity contribution in [2.24, 2.45) is 0 Å². The molecule has 1 heterocycles. The molecule has 2 aromatic rings. The van der Waals surface area contributed by atoms with Gasteiger partial charge in [-0.1, -0.05) is 30.3 Å². The number of carbonyl (C=O) groups excluding carboxylic acids is 3. The van der Waals surface area contributed by atoms with E-state index in [4.69, 9.17) is 9.15 Å². The molecule has 3 amide bonds. The fourth-order valence-electron chi connectivity index (χ4n) is 2.09. The fourth-order valence-corrected chi connectivity index (χ4v) is 2.09. The third-order valence-electron chi connectivity index (χ3n) is 3.24. The number of carbonyl (C=O) groups is 3. The van der Waals surface area contributed by atoms with Crippen LogP contribution in [0.1, 0.15) is 31.3 Å². The van der Waals surface area contributed by atoms with E-state index in [0.717, 1.165) is 5.56 Å². The zero-order chi connectivity index (χ0) is 18.4. The summed E-state index contributed by atoms with van der Waals surface area (Å²) in [4.78, 5) is 35.7. The van der Waals surface area contributed by atoms with E-state index in [-0.39, 0.29) is 11.8 Å². The Labute approximate surface area is 145 Å². The summed E-state index contributed by atoms with van der Waals surface area (Å²) in [6.45, 7) is 4.89. The second-order valence-electron chi connectivity index (χ2n) is 5.69. The van der Waals surface area contributed by atoms with Crippen LogP contribution >= 0.6 is 0 Å². The van der Waals surface area contributed by atoms with Crippen LogP contribution in [-0.2, 0) is 9.53 Å². The van der Waals surface area contributed by atoms with E-state index >= 15 is 0 Å². The van der Waals surface area contributed by atoms with Crippen molar-refractivity contribution < 1.29 is 23.5 Å². The number of hydrogen-bond acceptors (Lipinski definition) is 5. The summed E-state index contributed by atoms with van der Waals surface area (Å²) in [7, 11) is 0. The van der Waals surface area contributed by atoms with Crippen molar-refractivity contribution in [1.29, 1.82) is 0 Å². The second-order valence-corrected chi connectivity index (χ2v) is 5.69. The highest BCUT2D eigenvalue weighted by molar-refractivity contribution is 5.99. The van der Waals surface area contributed by atoms with Gasteiger partial charge >= 0.3 is 12.0 Å². The van der Waals surface area contributed by atoms with Crippen molar-refractivity contribution in [3.63, 3.8) is 0 Å². The Morgan fingerprint density at radius 3 is 2.36 bits per heavy atom. The summed E-state index contributed by atoms with van der Waals surface area (Å²) in [6.07, 6.45) is 0.221. The van der Waals surface area contributed by atoms with Gasteiger partial charge in [0.25, 0.3) is 5.91 Å². The molecule has 0 radical (unpaired) electrons. The molecule has 2 N–H and O–H groups in total. The van der Waals surface area contributed by atoms with Crippen LogP contribution in [0.15, 0.2) is 47.1 Å². The molecule has 1 unspecified atom stereocenters. The fraction of sp³-hybridized carbons (Fsp3) is 0.278. The maximum atomic E-state index is 12.3. The number of nitrogens with one attached hydrogen (secondary N) is 2. The van der Waals surface area contributed by atoms with Crippen molar-refractivity contribution >= 4 is 17.9 Å². The lowest BCUT2D eigenvalue weighted by Gasteiger charge is -2.14. The Kier molecular flexibility index (Phi) is 5.94. The summed E-state index contributed by atoms with van der Waals surface area (Å²) >= 11 is 0. The molecular formula is C18H20N2O5. The van der Waals surface area contributed by atoms with Crippen molar-refractivity contribution in [2.75, 3.05) is 0 Å². The summed E-state index contributed by atoms with van der Waals surface area (Å²) in [5, 5.41) is 4.62. The summed E-state index contributed by atoms with van der Waals surface area (Å²) < 4.78 is 10.3. The molecule has 0 aliphatic rings. The molecule has 7 nitrogen and oxygen atoms in total. The van der Waals surface area contributed by atoms with Gasteiger partial charge in [-0.05, 0) is 32.4 Å². The van der Waals surface area contributed by atoms with Crippen molar-refractivity contribution in [2.45, 2.75) is 32.9 Å². The third kappa shape index (κ3) is 4.94. The lowest BCUT2D eigenvalue weighted by molar-refractivity contribution is -0.128. The first kappa shape index (κ1) is 18.3. The van der Waals surface area contributed by atoms with Crippen LogP contribution in [0, 0.1) is 0 Å². The molecule has 2 rings (SSSR count). The molecule has 1 atom stereocenters. The SMILES string of the molecule is CC(C)NC(=O)NC(=O)C(C)OC(=O)c1occc1-c1ccccc1. The third-order valence-corrected chi connectivity index (χ3v) is 3.24. The quantitative estimate of drug-likeness (QED) is 0.813. The highest BCUT2D eigenvalue weighted by Crippen LogP contribution is 2.25. The van der Waals surface area contributed by atoms with E-state index in [0.29, 0.717) is 5.56 Å². The van der Waals surface area contributed by atoms with Gasteiger partial charge in [-0.3, -0.25) is 10.1 Å². The molecule has 0 saturated carbocycles. The van der Waals surface area contributed by atoms with E-state index in [1.54, 1.807) is 19.9 Å². The average Bonchev–Trinajstić information content (AvgIpc) is 3.04. The molecule has 0 fully saturated rings. The Hall–Kier alpha value is -3.09. The van der Waals surface area contributed by atoms with Crippen molar-refractivity contribution in [3.8, 4) is 11.1 Å². The van der Waals surface area contributed by atoms with Gasteiger partial charge in [0, 0.05) is 11.6 Å². The highest BCUT2D eigenvalue weighted by Gasteiger charge is 2.24. The standard InChI is InChI=1S/C18H20N2O5/c1-11(2)19-18(23)20-16(21)12(3)25-17(22)15-14(9-10-24-15)13-7-5-4-6-8-13/h4-12H,1-3H3,(H2,19,20,21,23). The minimum absolute atomic E-state index is 0.00233. The predicted octanol–water partition coefficient (Wildman–Crippen LogP) is 2.73. The van der Waals surface area contributed by atoms with E-state index in [9.17, 15) is 14.4 Å². The van der Waals surface area contributed by atoms with Gasteiger partial charge in [-0.2, -0.15) is 0 Å². The highest BCUT2D eigenvalue weighted by atomic mass is 16.6. The monoisotopic (exact) mass is 344 g/mol. The lowest BCUT2D eigenvalue weighted by atomic mass is 10.1. The predicted molar refractivity (Wildman–Crippen MR) is 90.8 cm³/mol. The van der Waals surface area contributed by atoms with Crippen molar-refractivity contribution in [3.05, 3.63) is 48.4 Å². The molecule has 1 aromatic heterocycles. The van der Waals surface area contributed by atoms with Gasteiger partial charge in [0.15, 0.2) is 6.10 Å². The van der Waals surface area contributed by atoms with E-state index in [1.807, 2.05) is 30.3 Å². The smallest absolute Gasteiger partial charge is 0.375 e. The van der Waals surface area contributed by atoms with Crippen LogP contribution in [0.5, 0.6) is 0 Å². The first-order valence-corrected chi connectivity index (χ1v) is 7.83. The van der Waals surface area contributed by atoms with Gasteiger partial charge in [-0.25, -0.2) is 9.59 Å². The number of benzene rings is 1. The number of urea groups is 1. The molecule has 25 heavy (non-hydrogen) atoms. The Morgan fingerprint density at radius 2 is 1.72 bits per heavy atom. The number of furan rings is 1. The number of amides is 3. The Bertz CT molecular complexity index is 752. The van der Waals surface area contributed by atoms with E-state index < -0.39 is 24.0 Å². The molecule has 132 valence electrons. The van der Waals surface area contributed by atoms with Gasteiger partial charge in [0.05, 0.1) is 6.26 Å². The van der Waals surface area contributed by atoms with Gasteiger partial charge in [-0.15, -0.1) is 0 Å². The van der Waals surface area contributed by atoms with Crippen LogP contribution in [0.4, 0.5) is 4.79 Å². The van der Waals surface area contributed by atoms with Crippen LogP contribution in [-0.4, -0.2) is 30.1 Å². The molecule has 0 aliphatic carbocycles. The van der Waals surface area contributed by atoms with Crippen LogP contribution in [0.25, 0.3) is 11.1 Å². The lowest BCUT2D eigenvalue weighted by Crippen LogP contribution is -2.46. The number of ether oxygens (including phenoxy) is 1. The van der Waals surface area contributed by atoms with Crippen molar-refractivity contribution in [1.82, 2.24) is 10.6 Å². The number of imide groups is 1. The molecule has 0 saturated heterocycles. The zero-order valence-corrected chi connectivity index (χ0v) is 14.2. The van der Waals surface area contributed by atoms with Gasteiger partial charge in [0.2, 0.25) is 5.76 Å². The summed E-state index contributed by atoms with van der Waals surface area (Å²) in [5.41, 5.74) is 1.35. The molecular weight excluding hydrogens is 324 g/mol. The topological polar surface area (TPSA) is 97.6 Å². The van der Waals surface area contributed by atoms with E-state index in [1.165, 1.54) is 13.2 Å². The van der Waals surface area contributed by atoms with Gasteiger partial charge in [0.1, 0.15) is 0 Å². The zero-order valence-electron chi connectivity index (χ0n) is 14.2. The van der Waals surface area contributed by atoms with Crippen LogP contribution < -0.4 is 10.6 Å². The minimum atomic E-state index is -1.15. The average molecular weight is 344 g/mol. The number of hydrogen-bond donors (Lipinski definition) is 2. The first-order valence-electron chi connectivity index (χ1n) is 7.83. The molecule has 1 aromatic carbocycles.